The topological polar surface area (TPSA) is 110 Å². The molecule has 0 bridgehead atoms. The Labute approximate surface area is 115 Å². The molecule has 0 saturated carbocycles. The smallest absolute Gasteiger partial charge is 0.232 e. The average Bonchev–Trinajstić information content (AvgIpc) is 2.83. The number of imidazole rings is 1. The van der Waals surface area contributed by atoms with Gasteiger partial charge in [0.1, 0.15) is 0 Å². The lowest BCUT2D eigenvalue weighted by molar-refractivity contribution is 0.582. The number of nitroso groups, excluding NO2 is 1. The van der Waals surface area contributed by atoms with Crippen molar-refractivity contribution in [3.8, 4) is 6.19 Å². The number of nitrogens with one attached hydrogen (secondary N) is 2. The van der Waals surface area contributed by atoms with Crippen molar-refractivity contribution in [2.24, 2.45) is 10.3 Å². The number of aliphatic imine (C=N–C) groups is 1. The first kappa shape index (κ1) is 15.0. The summed E-state index contributed by atoms with van der Waals surface area (Å²) in [6.07, 6.45) is 3.29. The third-order valence-corrected chi connectivity index (χ3v) is 3.26. The molecule has 0 fully saturated rings. The predicted octanol–water partition coefficient (Wildman–Crippen LogP) is 0.991. The van der Waals surface area contributed by atoms with Crippen molar-refractivity contribution in [2.75, 3.05) is 19.3 Å². The van der Waals surface area contributed by atoms with Crippen LogP contribution in [0.4, 0.5) is 0 Å². The first-order chi connectivity index (χ1) is 9.22. The fourth-order valence-corrected chi connectivity index (χ4v) is 2.16. The second-order valence-electron chi connectivity index (χ2n) is 3.49. The highest BCUT2D eigenvalue weighted by molar-refractivity contribution is 7.98. The van der Waals surface area contributed by atoms with Gasteiger partial charge in [-0.15, -0.1) is 4.91 Å². The van der Waals surface area contributed by atoms with E-state index in [1.165, 1.54) is 7.05 Å². The van der Waals surface area contributed by atoms with E-state index in [0.29, 0.717) is 11.6 Å². The number of nitriles is 1. The SMILES string of the molecule is CN=C(NCCSCc1nc[nH]c1C)N(C#N)N=O. The molecular formula is C10H15N7OS. The monoisotopic (exact) mass is 281 g/mol. The van der Waals surface area contributed by atoms with Crippen LogP contribution in [0, 0.1) is 23.3 Å². The number of aromatic amines is 1. The highest BCUT2D eigenvalue weighted by Gasteiger charge is 2.09. The minimum Gasteiger partial charge on any atom is -0.353 e. The number of guanidine groups is 1. The quantitative estimate of drug-likeness (QED) is 0.153. The number of nitrogens with zero attached hydrogens (tertiary/aromatic N) is 5. The lowest BCUT2D eigenvalue weighted by Crippen LogP contribution is -2.36. The van der Waals surface area contributed by atoms with E-state index in [1.54, 1.807) is 24.3 Å². The van der Waals surface area contributed by atoms with Gasteiger partial charge < -0.3 is 10.3 Å². The molecule has 0 aliphatic rings. The first-order valence-electron chi connectivity index (χ1n) is 5.53. The first-order valence-corrected chi connectivity index (χ1v) is 6.68. The third-order valence-electron chi connectivity index (χ3n) is 2.29. The number of aryl methyl sites for hydroxylation is 1. The summed E-state index contributed by atoms with van der Waals surface area (Å²) < 4.78 is 0. The Morgan fingerprint density at radius 2 is 2.53 bits per heavy atom. The zero-order chi connectivity index (χ0) is 14.1. The summed E-state index contributed by atoms with van der Waals surface area (Å²) >= 11 is 1.69. The van der Waals surface area contributed by atoms with E-state index >= 15 is 0 Å². The molecule has 0 aliphatic heterocycles. The summed E-state index contributed by atoms with van der Waals surface area (Å²) in [4.78, 5) is 21.3. The molecular weight excluding hydrogens is 266 g/mol. The van der Waals surface area contributed by atoms with Gasteiger partial charge in [-0.3, -0.25) is 4.99 Å². The second-order valence-corrected chi connectivity index (χ2v) is 4.60. The van der Waals surface area contributed by atoms with Gasteiger partial charge in [0.05, 0.1) is 17.3 Å². The van der Waals surface area contributed by atoms with Crippen molar-refractivity contribution in [2.45, 2.75) is 12.7 Å². The minimum absolute atomic E-state index is 0.147. The molecule has 1 aromatic heterocycles. The Balaban J connectivity index is 2.25. The van der Waals surface area contributed by atoms with Gasteiger partial charge in [-0.05, 0) is 6.92 Å². The number of rotatable bonds is 6. The number of H-pyrrole nitrogens is 1. The highest BCUT2D eigenvalue weighted by Crippen LogP contribution is 2.11. The van der Waals surface area contributed by atoms with Gasteiger partial charge in [0.2, 0.25) is 12.2 Å². The van der Waals surface area contributed by atoms with E-state index in [0.717, 1.165) is 22.9 Å². The summed E-state index contributed by atoms with van der Waals surface area (Å²) in [5.74, 6) is 1.75. The highest BCUT2D eigenvalue weighted by atomic mass is 32.2. The molecule has 102 valence electrons. The van der Waals surface area contributed by atoms with Gasteiger partial charge in [-0.1, -0.05) is 5.01 Å². The van der Waals surface area contributed by atoms with Crippen LogP contribution < -0.4 is 5.32 Å². The maximum Gasteiger partial charge on any atom is 0.232 e. The van der Waals surface area contributed by atoms with Crippen molar-refractivity contribution in [1.82, 2.24) is 20.3 Å². The Hall–Kier alpha value is -2.08. The van der Waals surface area contributed by atoms with Gasteiger partial charge in [-0.25, -0.2) is 4.98 Å². The molecule has 1 heterocycles. The lowest BCUT2D eigenvalue weighted by Gasteiger charge is -2.10. The minimum atomic E-state index is 0.147. The molecule has 0 radical (unpaired) electrons. The van der Waals surface area contributed by atoms with E-state index < -0.39 is 0 Å². The molecule has 0 atom stereocenters. The number of thioether (sulfide) groups is 1. The van der Waals surface area contributed by atoms with E-state index in [2.05, 4.69) is 25.6 Å². The van der Waals surface area contributed by atoms with E-state index in [9.17, 15) is 4.91 Å². The Morgan fingerprint density at radius 1 is 1.74 bits per heavy atom. The largest absolute Gasteiger partial charge is 0.353 e. The van der Waals surface area contributed by atoms with Crippen LogP contribution in [0.3, 0.4) is 0 Å². The molecule has 2 N–H and O–H groups in total. The van der Waals surface area contributed by atoms with Gasteiger partial charge in [0.25, 0.3) is 0 Å². The summed E-state index contributed by atoms with van der Waals surface area (Å²) in [6.45, 7) is 2.55. The summed E-state index contributed by atoms with van der Waals surface area (Å²) in [6, 6.07) is 0. The molecule has 0 aliphatic carbocycles. The van der Waals surface area contributed by atoms with Crippen LogP contribution in [-0.4, -0.2) is 40.3 Å². The van der Waals surface area contributed by atoms with Crippen molar-refractivity contribution in [3.63, 3.8) is 0 Å². The normalized spacial score (nSPS) is 10.9. The van der Waals surface area contributed by atoms with E-state index in [4.69, 9.17) is 5.26 Å². The van der Waals surface area contributed by atoms with Gasteiger partial charge in [0.15, 0.2) is 0 Å². The van der Waals surface area contributed by atoms with Crippen LogP contribution in [0.1, 0.15) is 11.4 Å². The predicted molar refractivity (Wildman–Crippen MR) is 74.1 cm³/mol. The van der Waals surface area contributed by atoms with Crippen molar-refractivity contribution in [3.05, 3.63) is 22.6 Å². The van der Waals surface area contributed by atoms with Crippen LogP contribution in [0.2, 0.25) is 0 Å². The van der Waals surface area contributed by atoms with E-state index in [-0.39, 0.29) is 5.96 Å². The molecule has 0 amide bonds. The number of hydrogen-bond donors (Lipinski definition) is 2. The maximum atomic E-state index is 10.3. The molecule has 9 heteroatoms. The Bertz CT molecular complexity index is 478. The zero-order valence-corrected chi connectivity index (χ0v) is 11.6. The Morgan fingerprint density at radius 3 is 3.05 bits per heavy atom. The molecule has 0 saturated heterocycles. The lowest BCUT2D eigenvalue weighted by atomic mass is 10.4. The van der Waals surface area contributed by atoms with Crippen LogP contribution in [-0.2, 0) is 5.75 Å². The van der Waals surface area contributed by atoms with Crippen molar-refractivity contribution in [1.29, 1.82) is 5.26 Å². The van der Waals surface area contributed by atoms with Gasteiger partial charge in [0, 0.05) is 30.8 Å². The average molecular weight is 281 g/mol. The van der Waals surface area contributed by atoms with Crippen LogP contribution in [0.25, 0.3) is 0 Å². The fraction of sp³-hybridized carbons (Fsp3) is 0.500. The van der Waals surface area contributed by atoms with Gasteiger partial charge in [-0.2, -0.15) is 17.0 Å². The maximum absolute atomic E-state index is 10.3. The summed E-state index contributed by atoms with van der Waals surface area (Å²) in [5.41, 5.74) is 2.10. The molecule has 19 heavy (non-hydrogen) atoms. The van der Waals surface area contributed by atoms with E-state index in [1.807, 2.05) is 6.92 Å². The van der Waals surface area contributed by atoms with Crippen molar-refractivity contribution >= 4 is 17.7 Å². The summed E-state index contributed by atoms with van der Waals surface area (Å²) in [7, 11) is 1.48. The molecule has 1 rings (SSSR count). The van der Waals surface area contributed by atoms with Crippen LogP contribution in [0.5, 0.6) is 0 Å². The summed E-state index contributed by atoms with van der Waals surface area (Å²) in [5, 5.41) is 14.6. The van der Waals surface area contributed by atoms with Gasteiger partial charge >= 0.3 is 0 Å². The second kappa shape index (κ2) is 8.10. The Kier molecular flexibility index (Phi) is 6.38. The molecule has 0 unspecified atom stereocenters. The third kappa shape index (κ3) is 4.59. The molecule has 1 aromatic rings. The van der Waals surface area contributed by atoms with Crippen LogP contribution in [0.15, 0.2) is 16.6 Å². The number of aromatic nitrogens is 2. The fourth-order valence-electron chi connectivity index (χ4n) is 1.29. The standard InChI is InChI=1S/C10H15N7OS/c1-8-9(15-7-14-8)5-19-4-3-13-10(12-2)17(6-11)16-18/h7H,3-5H2,1-2H3,(H,12,13)(H,14,15). The molecule has 0 spiro atoms. The van der Waals surface area contributed by atoms with Crippen molar-refractivity contribution < 1.29 is 0 Å². The number of hydrogen-bond acceptors (Lipinski definition) is 6. The molecule has 0 aromatic carbocycles. The van der Waals surface area contributed by atoms with Crippen LogP contribution >= 0.6 is 11.8 Å². The molecule has 8 nitrogen and oxygen atoms in total. The zero-order valence-electron chi connectivity index (χ0n) is 10.8.